The molecule has 0 aliphatic carbocycles. The number of carbonyl (C=O) groups excluding carboxylic acids is 1. The second-order valence-corrected chi connectivity index (χ2v) is 4.67. The van der Waals surface area contributed by atoms with Crippen molar-refractivity contribution in [2.75, 3.05) is 21.3 Å². The monoisotopic (exact) mass is 366 g/mol. The number of ether oxygens (including phenoxy) is 3. The summed E-state index contributed by atoms with van der Waals surface area (Å²) in [5.41, 5.74) is 3.13. The van der Waals surface area contributed by atoms with Gasteiger partial charge in [0.15, 0.2) is 11.5 Å². The highest BCUT2D eigenvalue weighted by Gasteiger charge is 2.12. The predicted molar refractivity (Wildman–Crippen MR) is 96.5 cm³/mol. The van der Waals surface area contributed by atoms with Crippen molar-refractivity contribution >= 4 is 24.5 Å². The zero-order chi connectivity index (χ0) is 17.5. The highest BCUT2D eigenvalue weighted by atomic mass is 35.5. The number of aromatic hydroxyl groups is 1. The summed E-state index contributed by atoms with van der Waals surface area (Å²) < 4.78 is 15.7. The molecule has 0 saturated carbocycles. The molecule has 0 bridgehead atoms. The van der Waals surface area contributed by atoms with Crippen LogP contribution in [-0.2, 0) is 0 Å². The third kappa shape index (κ3) is 4.77. The predicted octanol–water partition coefficient (Wildman–Crippen LogP) is 2.60. The van der Waals surface area contributed by atoms with E-state index in [-0.39, 0.29) is 23.7 Å². The Labute approximate surface area is 151 Å². The Morgan fingerprint density at radius 3 is 2.20 bits per heavy atom. The standard InChI is InChI=1S/C17H18N2O5.ClH/c1-22-14-8-11(9-15(23-2)16(14)24-3)10-18-19-17(21)12-6-4-5-7-13(12)20;/h4-10,20H,1-3H3,(H,19,21);1H. The van der Waals surface area contributed by atoms with Crippen molar-refractivity contribution in [3.8, 4) is 23.0 Å². The number of hydrazone groups is 1. The van der Waals surface area contributed by atoms with Gasteiger partial charge in [-0.25, -0.2) is 5.43 Å². The first kappa shape index (κ1) is 20.1. The lowest BCUT2D eigenvalue weighted by Crippen LogP contribution is -2.17. The maximum absolute atomic E-state index is 11.9. The Balaban J connectivity index is 0.00000312. The van der Waals surface area contributed by atoms with Crippen molar-refractivity contribution in [1.29, 1.82) is 0 Å². The van der Waals surface area contributed by atoms with Gasteiger partial charge in [0.1, 0.15) is 5.75 Å². The Bertz CT molecular complexity index is 739. The first-order chi connectivity index (χ1) is 11.6. The van der Waals surface area contributed by atoms with Gasteiger partial charge in [-0.1, -0.05) is 12.1 Å². The maximum Gasteiger partial charge on any atom is 0.275 e. The van der Waals surface area contributed by atoms with Crippen LogP contribution in [0.25, 0.3) is 0 Å². The second kappa shape index (κ2) is 9.39. The number of halogens is 1. The van der Waals surface area contributed by atoms with Crippen molar-refractivity contribution in [1.82, 2.24) is 5.43 Å². The van der Waals surface area contributed by atoms with Crippen LogP contribution in [-0.4, -0.2) is 38.6 Å². The smallest absolute Gasteiger partial charge is 0.275 e. The number of nitrogens with zero attached hydrogens (tertiary/aromatic N) is 1. The van der Waals surface area contributed by atoms with E-state index in [1.54, 1.807) is 24.3 Å². The molecular weight excluding hydrogens is 348 g/mol. The number of carbonyl (C=O) groups is 1. The highest BCUT2D eigenvalue weighted by Crippen LogP contribution is 2.37. The minimum Gasteiger partial charge on any atom is -0.507 e. The molecule has 7 nitrogen and oxygen atoms in total. The molecular formula is C17H19ClN2O5. The van der Waals surface area contributed by atoms with Crippen LogP contribution in [0.15, 0.2) is 41.5 Å². The molecule has 8 heteroatoms. The van der Waals surface area contributed by atoms with E-state index >= 15 is 0 Å². The molecule has 2 aromatic carbocycles. The van der Waals surface area contributed by atoms with Crippen molar-refractivity contribution in [3.05, 3.63) is 47.5 Å². The zero-order valence-corrected chi connectivity index (χ0v) is 14.8. The molecule has 0 atom stereocenters. The van der Waals surface area contributed by atoms with Gasteiger partial charge in [-0.15, -0.1) is 12.4 Å². The van der Waals surface area contributed by atoms with E-state index in [2.05, 4.69) is 10.5 Å². The summed E-state index contributed by atoms with van der Waals surface area (Å²) >= 11 is 0. The lowest BCUT2D eigenvalue weighted by molar-refractivity contribution is 0.0952. The summed E-state index contributed by atoms with van der Waals surface area (Å²) in [6, 6.07) is 9.59. The number of nitrogens with one attached hydrogen (secondary N) is 1. The molecule has 0 spiro atoms. The van der Waals surface area contributed by atoms with Crippen LogP contribution in [0, 0.1) is 0 Å². The van der Waals surface area contributed by atoms with E-state index in [9.17, 15) is 9.90 Å². The molecule has 2 aromatic rings. The van der Waals surface area contributed by atoms with Crippen LogP contribution in [0.3, 0.4) is 0 Å². The number of phenols is 1. The SMILES string of the molecule is COc1cc(C=NNC(=O)c2ccccc2O)cc(OC)c1OC.Cl. The van der Waals surface area contributed by atoms with Crippen LogP contribution in [0.1, 0.15) is 15.9 Å². The van der Waals surface area contributed by atoms with E-state index in [4.69, 9.17) is 14.2 Å². The first-order valence-corrected chi connectivity index (χ1v) is 7.02. The van der Waals surface area contributed by atoms with Gasteiger partial charge in [0.2, 0.25) is 5.75 Å². The van der Waals surface area contributed by atoms with Crippen LogP contribution in [0.2, 0.25) is 0 Å². The van der Waals surface area contributed by atoms with Crippen molar-refractivity contribution in [2.45, 2.75) is 0 Å². The molecule has 0 unspecified atom stereocenters. The average molecular weight is 367 g/mol. The normalized spacial score (nSPS) is 10.0. The summed E-state index contributed by atoms with van der Waals surface area (Å²) in [6.45, 7) is 0. The number of phenolic OH excluding ortho intramolecular Hbond substituents is 1. The summed E-state index contributed by atoms with van der Waals surface area (Å²) in [5, 5.41) is 13.5. The summed E-state index contributed by atoms with van der Waals surface area (Å²) in [7, 11) is 4.54. The fraction of sp³-hybridized carbons (Fsp3) is 0.176. The number of methoxy groups -OCH3 is 3. The Kier molecular flexibility index (Phi) is 7.55. The van der Waals surface area contributed by atoms with Crippen LogP contribution < -0.4 is 19.6 Å². The summed E-state index contributed by atoms with van der Waals surface area (Å²) in [5.74, 6) is 0.792. The van der Waals surface area contributed by atoms with Crippen LogP contribution in [0.5, 0.6) is 23.0 Å². The molecule has 0 radical (unpaired) electrons. The van der Waals surface area contributed by atoms with Gasteiger partial charge in [-0.2, -0.15) is 5.10 Å². The third-order valence-corrected chi connectivity index (χ3v) is 3.22. The van der Waals surface area contributed by atoms with Gasteiger partial charge in [-0.05, 0) is 24.3 Å². The van der Waals surface area contributed by atoms with E-state index in [0.717, 1.165) is 0 Å². The molecule has 0 fully saturated rings. The quantitative estimate of drug-likeness (QED) is 0.606. The minimum absolute atomic E-state index is 0. The Morgan fingerprint density at radius 2 is 1.68 bits per heavy atom. The molecule has 134 valence electrons. The van der Waals surface area contributed by atoms with Crippen molar-refractivity contribution < 1.29 is 24.1 Å². The molecule has 2 N–H and O–H groups in total. The molecule has 0 aromatic heterocycles. The molecule has 0 aliphatic heterocycles. The van der Waals surface area contributed by atoms with Gasteiger partial charge in [0, 0.05) is 5.56 Å². The Hall–Kier alpha value is -2.93. The van der Waals surface area contributed by atoms with E-state index < -0.39 is 5.91 Å². The lowest BCUT2D eigenvalue weighted by atomic mass is 10.2. The van der Waals surface area contributed by atoms with Crippen molar-refractivity contribution in [3.63, 3.8) is 0 Å². The molecule has 0 saturated heterocycles. The van der Waals surface area contributed by atoms with Gasteiger partial charge >= 0.3 is 0 Å². The van der Waals surface area contributed by atoms with E-state index in [1.807, 2.05) is 0 Å². The number of amides is 1. The molecule has 2 rings (SSSR count). The second-order valence-electron chi connectivity index (χ2n) is 4.67. The Morgan fingerprint density at radius 1 is 1.08 bits per heavy atom. The van der Waals surface area contributed by atoms with Gasteiger partial charge in [0.25, 0.3) is 5.91 Å². The van der Waals surface area contributed by atoms with Crippen LogP contribution >= 0.6 is 12.4 Å². The number of hydrogen-bond donors (Lipinski definition) is 2. The fourth-order valence-corrected chi connectivity index (χ4v) is 2.07. The van der Waals surface area contributed by atoms with Gasteiger partial charge in [0.05, 0.1) is 33.1 Å². The summed E-state index contributed by atoms with van der Waals surface area (Å²) in [6.07, 6.45) is 1.43. The largest absolute Gasteiger partial charge is 0.507 e. The van der Waals surface area contributed by atoms with Crippen molar-refractivity contribution in [2.24, 2.45) is 5.10 Å². The molecule has 0 aliphatic rings. The zero-order valence-electron chi connectivity index (χ0n) is 14.0. The topological polar surface area (TPSA) is 89.4 Å². The molecule has 1 amide bonds. The fourth-order valence-electron chi connectivity index (χ4n) is 2.07. The summed E-state index contributed by atoms with van der Waals surface area (Å²) in [4.78, 5) is 11.9. The van der Waals surface area contributed by atoms with Gasteiger partial charge < -0.3 is 19.3 Å². The molecule has 0 heterocycles. The average Bonchev–Trinajstić information content (AvgIpc) is 2.60. The maximum atomic E-state index is 11.9. The van der Waals surface area contributed by atoms with E-state index in [0.29, 0.717) is 22.8 Å². The lowest BCUT2D eigenvalue weighted by Gasteiger charge is -2.12. The molecule has 25 heavy (non-hydrogen) atoms. The number of rotatable bonds is 6. The van der Waals surface area contributed by atoms with Crippen LogP contribution in [0.4, 0.5) is 0 Å². The van der Waals surface area contributed by atoms with Gasteiger partial charge in [-0.3, -0.25) is 4.79 Å². The number of benzene rings is 2. The first-order valence-electron chi connectivity index (χ1n) is 7.02. The number of para-hydroxylation sites is 1. The van der Waals surface area contributed by atoms with E-state index in [1.165, 1.54) is 39.7 Å². The highest BCUT2D eigenvalue weighted by molar-refractivity contribution is 5.97. The minimum atomic E-state index is -0.517. The number of hydrogen-bond acceptors (Lipinski definition) is 6. The third-order valence-electron chi connectivity index (χ3n) is 3.22.